The van der Waals surface area contributed by atoms with Crippen molar-refractivity contribution in [2.45, 2.75) is 13.0 Å². The Kier molecular flexibility index (Phi) is 3.92. The maximum atomic E-state index is 11.3. The molecule has 98 valence electrons. The highest BCUT2D eigenvalue weighted by Crippen LogP contribution is 2.12. The minimum Gasteiger partial charge on any atom is -0.481 e. The number of para-hydroxylation sites is 1. The second-order valence-electron chi connectivity index (χ2n) is 3.93. The summed E-state index contributed by atoms with van der Waals surface area (Å²) in [6.07, 6.45) is 2.95. The number of amides is 1. The van der Waals surface area contributed by atoms with E-state index >= 15 is 0 Å². The smallest absolute Gasteiger partial charge is 0.312 e. The van der Waals surface area contributed by atoms with Crippen LogP contribution in [0.2, 0.25) is 0 Å². The monoisotopic (exact) mass is 259 g/mol. The van der Waals surface area contributed by atoms with Crippen molar-refractivity contribution in [1.82, 2.24) is 15.1 Å². The summed E-state index contributed by atoms with van der Waals surface area (Å²) in [7, 11) is 0. The van der Waals surface area contributed by atoms with Gasteiger partial charge in [-0.1, -0.05) is 18.2 Å². The lowest BCUT2D eigenvalue weighted by atomic mass is 10.1. The molecule has 1 heterocycles. The fourth-order valence-electron chi connectivity index (χ4n) is 1.69. The van der Waals surface area contributed by atoms with Crippen LogP contribution in [0.25, 0.3) is 5.69 Å². The molecule has 0 aliphatic heterocycles. The van der Waals surface area contributed by atoms with Crippen LogP contribution in [0.3, 0.4) is 0 Å². The topological polar surface area (TPSA) is 84.2 Å². The molecule has 6 nitrogen and oxygen atoms in total. The molecule has 6 heteroatoms. The summed E-state index contributed by atoms with van der Waals surface area (Å²) < 4.78 is 1.69. The third-order valence-corrected chi connectivity index (χ3v) is 2.53. The van der Waals surface area contributed by atoms with Gasteiger partial charge < -0.3 is 10.4 Å². The molecule has 1 aromatic heterocycles. The van der Waals surface area contributed by atoms with Gasteiger partial charge in [-0.3, -0.25) is 9.59 Å². The first-order valence-corrected chi connectivity index (χ1v) is 5.73. The van der Waals surface area contributed by atoms with E-state index in [1.54, 1.807) is 23.1 Å². The number of aliphatic carboxylic acids is 1. The van der Waals surface area contributed by atoms with Crippen molar-refractivity contribution in [2.75, 3.05) is 0 Å². The molecule has 0 fully saturated rings. The van der Waals surface area contributed by atoms with Crippen molar-refractivity contribution >= 4 is 11.9 Å². The summed E-state index contributed by atoms with van der Waals surface area (Å²) in [4.78, 5) is 21.7. The van der Waals surface area contributed by atoms with E-state index in [9.17, 15) is 9.59 Å². The molecule has 1 amide bonds. The van der Waals surface area contributed by atoms with Gasteiger partial charge in [0, 0.05) is 18.9 Å². The molecule has 19 heavy (non-hydrogen) atoms. The number of nitrogens with zero attached hydrogens (tertiary/aromatic N) is 2. The average Bonchev–Trinajstić information content (AvgIpc) is 2.89. The van der Waals surface area contributed by atoms with Crippen molar-refractivity contribution in [3.05, 3.63) is 48.3 Å². The van der Waals surface area contributed by atoms with Crippen LogP contribution in [0.4, 0.5) is 0 Å². The third-order valence-electron chi connectivity index (χ3n) is 2.53. The molecule has 0 spiro atoms. The summed E-state index contributed by atoms with van der Waals surface area (Å²) >= 11 is 0. The Labute approximate surface area is 109 Å². The Bertz CT molecular complexity index is 579. The maximum absolute atomic E-state index is 11.3. The van der Waals surface area contributed by atoms with E-state index in [4.69, 9.17) is 5.11 Å². The van der Waals surface area contributed by atoms with E-state index in [1.807, 2.05) is 24.3 Å². The van der Waals surface area contributed by atoms with E-state index in [0.717, 1.165) is 11.3 Å². The van der Waals surface area contributed by atoms with E-state index < -0.39 is 18.3 Å². The number of benzene rings is 1. The van der Waals surface area contributed by atoms with Gasteiger partial charge in [-0.05, 0) is 17.7 Å². The Morgan fingerprint density at radius 3 is 2.74 bits per heavy atom. The van der Waals surface area contributed by atoms with Crippen LogP contribution in [0.5, 0.6) is 0 Å². The van der Waals surface area contributed by atoms with Gasteiger partial charge in [0.25, 0.3) is 0 Å². The zero-order chi connectivity index (χ0) is 13.7. The van der Waals surface area contributed by atoms with E-state index in [-0.39, 0.29) is 6.54 Å². The lowest BCUT2D eigenvalue weighted by Crippen LogP contribution is -2.25. The number of nitrogens with one attached hydrogen (secondary N) is 1. The SMILES string of the molecule is O=C(O)CC(=O)NCc1ccccc1-n1cccn1. The van der Waals surface area contributed by atoms with Crippen LogP contribution in [-0.2, 0) is 16.1 Å². The number of hydrogen-bond donors (Lipinski definition) is 2. The molecular formula is C13H13N3O3. The summed E-state index contributed by atoms with van der Waals surface area (Å²) in [5.74, 6) is -1.65. The number of carbonyl (C=O) groups excluding carboxylic acids is 1. The van der Waals surface area contributed by atoms with Gasteiger partial charge in [-0.25, -0.2) is 4.68 Å². The van der Waals surface area contributed by atoms with Gasteiger partial charge in [0.1, 0.15) is 6.42 Å². The quantitative estimate of drug-likeness (QED) is 0.783. The minimum absolute atomic E-state index is 0.266. The Morgan fingerprint density at radius 2 is 2.05 bits per heavy atom. The first-order valence-electron chi connectivity index (χ1n) is 5.73. The van der Waals surface area contributed by atoms with Gasteiger partial charge in [-0.2, -0.15) is 5.10 Å². The van der Waals surface area contributed by atoms with E-state index in [2.05, 4.69) is 10.4 Å². The molecule has 0 unspecified atom stereocenters. The molecule has 2 rings (SSSR count). The van der Waals surface area contributed by atoms with Gasteiger partial charge >= 0.3 is 5.97 Å². The standard InChI is InChI=1S/C13H13N3O3/c17-12(8-13(18)19)14-9-10-4-1-2-5-11(10)16-7-3-6-15-16/h1-7H,8-9H2,(H,14,17)(H,18,19). The van der Waals surface area contributed by atoms with Crippen molar-refractivity contribution < 1.29 is 14.7 Å². The second kappa shape index (κ2) is 5.81. The number of carbonyl (C=O) groups is 2. The normalized spacial score (nSPS) is 10.1. The summed E-state index contributed by atoms with van der Waals surface area (Å²) in [6, 6.07) is 9.27. The van der Waals surface area contributed by atoms with Gasteiger partial charge in [0.2, 0.25) is 5.91 Å². The van der Waals surface area contributed by atoms with E-state index in [0.29, 0.717) is 0 Å². The number of rotatable bonds is 5. The largest absolute Gasteiger partial charge is 0.481 e. The van der Waals surface area contributed by atoms with Gasteiger partial charge in [0.15, 0.2) is 0 Å². The third kappa shape index (κ3) is 3.41. The summed E-state index contributed by atoms with van der Waals surface area (Å²) in [5.41, 5.74) is 1.72. The summed E-state index contributed by atoms with van der Waals surface area (Å²) in [5, 5.41) is 15.2. The number of aromatic nitrogens is 2. The first-order chi connectivity index (χ1) is 9.16. The number of hydrogen-bond acceptors (Lipinski definition) is 3. The average molecular weight is 259 g/mol. The Balaban J connectivity index is 2.09. The summed E-state index contributed by atoms with van der Waals surface area (Å²) in [6.45, 7) is 0.266. The predicted octanol–water partition coefficient (Wildman–Crippen LogP) is 0.963. The van der Waals surface area contributed by atoms with Crippen LogP contribution in [0.1, 0.15) is 12.0 Å². The lowest BCUT2D eigenvalue weighted by Gasteiger charge is -2.10. The van der Waals surface area contributed by atoms with Crippen molar-refractivity contribution in [2.24, 2.45) is 0 Å². The van der Waals surface area contributed by atoms with Crippen molar-refractivity contribution in [1.29, 1.82) is 0 Å². The fraction of sp³-hybridized carbons (Fsp3) is 0.154. The van der Waals surface area contributed by atoms with Crippen LogP contribution in [0.15, 0.2) is 42.7 Å². The van der Waals surface area contributed by atoms with Crippen LogP contribution < -0.4 is 5.32 Å². The molecule has 0 bridgehead atoms. The molecule has 1 aromatic carbocycles. The van der Waals surface area contributed by atoms with Gasteiger partial charge in [-0.15, -0.1) is 0 Å². The van der Waals surface area contributed by atoms with E-state index in [1.165, 1.54) is 0 Å². The van der Waals surface area contributed by atoms with Crippen molar-refractivity contribution in [3.63, 3.8) is 0 Å². The van der Waals surface area contributed by atoms with Crippen LogP contribution in [0, 0.1) is 0 Å². The molecular weight excluding hydrogens is 246 g/mol. The van der Waals surface area contributed by atoms with Gasteiger partial charge in [0.05, 0.1) is 5.69 Å². The lowest BCUT2D eigenvalue weighted by molar-refractivity contribution is -0.140. The molecule has 2 N–H and O–H groups in total. The highest BCUT2D eigenvalue weighted by Gasteiger charge is 2.09. The Morgan fingerprint density at radius 1 is 1.26 bits per heavy atom. The van der Waals surface area contributed by atoms with Crippen molar-refractivity contribution in [3.8, 4) is 5.69 Å². The minimum atomic E-state index is -1.14. The first kappa shape index (κ1) is 12.8. The molecule has 0 saturated carbocycles. The molecule has 0 aliphatic carbocycles. The second-order valence-corrected chi connectivity index (χ2v) is 3.93. The number of carboxylic acid groups (broad SMARTS) is 1. The highest BCUT2D eigenvalue weighted by atomic mass is 16.4. The highest BCUT2D eigenvalue weighted by molar-refractivity contribution is 5.93. The number of carboxylic acids is 1. The Hall–Kier alpha value is -2.63. The molecule has 0 atom stereocenters. The molecule has 0 aliphatic rings. The zero-order valence-corrected chi connectivity index (χ0v) is 10.1. The van der Waals surface area contributed by atoms with Crippen LogP contribution in [-0.4, -0.2) is 26.8 Å². The molecule has 0 saturated heterocycles. The molecule has 0 radical (unpaired) electrons. The van der Waals surface area contributed by atoms with Crippen LogP contribution >= 0.6 is 0 Å². The maximum Gasteiger partial charge on any atom is 0.312 e. The molecule has 2 aromatic rings. The predicted molar refractivity (Wildman–Crippen MR) is 67.7 cm³/mol. The fourth-order valence-corrected chi connectivity index (χ4v) is 1.69. The zero-order valence-electron chi connectivity index (χ0n) is 10.1.